The molecule has 0 spiro atoms. The molecule has 0 aliphatic rings. The molecule has 0 bridgehead atoms. The molecule has 0 atom stereocenters. The number of hydrogen-bond donors (Lipinski definition) is 2. The van der Waals surface area contributed by atoms with Crippen molar-refractivity contribution >= 4 is 48.8 Å². The quantitative estimate of drug-likeness (QED) is 0.829. The molecule has 0 radical (unpaired) electrons. The van der Waals surface area contributed by atoms with E-state index in [4.69, 9.17) is 5.73 Å². The van der Waals surface area contributed by atoms with Crippen molar-refractivity contribution in [2.45, 2.75) is 6.92 Å². The number of rotatable bonds is 4. The number of halogens is 1. The average molecular weight is 323 g/mol. The SMILES string of the molecule is Cc1ccc(Br)c(NS(=O)(=O)CC(N)=S)c1. The van der Waals surface area contributed by atoms with Crippen LogP contribution < -0.4 is 10.5 Å². The fourth-order valence-corrected chi connectivity index (χ4v) is 3.00. The first kappa shape index (κ1) is 13.4. The van der Waals surface area contributed by atoms with Crippen LogP contribution in [0.3, 0.4) is 0 Å². The summed E-state index contributed by atoms with van der Waals surface area (Å²) < 4.78 is 26.2. The largest absolute Gasteiger partial charge is 0.392 e. The van der Waals surface area contributed by atoms with Gasteiger partial charge < -0.3 is 5.73 Å². The maximum Gasteiger partial charge on any atom is 0.239 e. The summed E-state index contributed by atoms with van der Waals surface area (Å²) in [5, 5.41) is 0. The van der Waals surface area contributed by atoms with Crippen LogP contribution in [0.4, 0.5) is 5.69 Å². The van der Waals surface area contributed by atoms with Gasteiger partial charge in [0, 0.05) is 4.47 Å². The highest BCUT2D eigenvalue weighted by molar-refractivity contribution is 9.10. The lowest BCUT2D eigenvalue weighted by Gasteiger charge is -2.09. The van der Waals surface area contributed by atoms with Gasteiger partial charge in [-0.2, -0.15) is 0 Å². The highest BCUT2D eigenvalue weighted by atomic mass is 79.9. The third kappa shape index (κ3) is 4.07. The van der Waals surface area contributed by atoms with Crippen molar-refractivity contribution in [3.05, 3.63) is 28.2 Å². The predicted molar refractivity (Wildman–Crippen MR) is 73.1 cm³/mol. The van der Waals surface area contributed by atoms with Crippen molar-refractivity contribution in [3.8, 4) is 0 Å². The summed E-state index contributed by atoms with van der Waals surface area (Å²) in [6.45, 7) is 1.87. The van der Waals surface area contributed by atoms with Gasteiger partial charge in [0.1, 0.15) is 5.75 Å². The smallest absolute Gasteiger partial charge is 0.239 e. The zero-order chi connectivity index (χ0) is 12.3. The van der Waals surface area contributed by atoms with Gasteiger partial charge in [0.25, 0.3) is 0 Å². The molecular weight excluding hydrogens is 312 g/mol. The number of sulfonamides is 1. The normalized spacial score (nSPS) is 11.1. The molecule has 1 aromatic rings. The standard InChI is InChI=1S/C9H11BrN2O2S2/c1-6-2-3-7(10)8(4-6)12-16(13,14)5-9(11)15/h2-4,12H,5H2,1H3,(H2,11,15). The molecule has 0 unspecified atom stereocenters. The van der Waals surface area contributed by atoms with Crippen molar-refractivity contribution < 1.29 is 8.42 Å². The Kier molecular flexibility index (Phi) is 4.28. The van der Waals surface area contributed by atoms with E-state index >= 15 is 0 Å². The van der Waals surface area contributed by atoms with E-state index in [0.717, 1.165) is 5.56 Å². The molecule has 0 saturated carbocycles. The van der Waals surface area contributed by atoms with Gasteiger partial charge in [0.05, 0.1) is 10.7 Å². The summed E-state index contributed by atoms with van der Waals surface area (Å²) in [5.74, 6) is -0.358. The summed E-state index contributed by atoms with van der Waals surface area (Å²) in [6, 6.07) is 5.37. The fourth-order valence-electron chi connectivity index (χ4n) is 1.11. The molecule has 3 N–H and O–H groups in total. The molecule has 1 aromatic carbocycles. The van der Waals surface area contributed by atoms with Crippen LogP contribution in [-0.4, -0.2) is 19.2 Å². The maximum atomic E-state index is 11.6. The highest BCUT2D eigenvalue weighted by Gasteiger charge is 2.13. The zero-order valence-electron chi connectivity index (χ0n) is 8.53. The summed E-state index contributed by atoms with van der Waals surface area (Å²) in [4.78, 5) is -0.0590. The van der Waals surface area contributed by atoms with Gasteiger partial charge >= 0.3 is 0 Å². The fraction of sp³-hybridized carbons (Fsp3) is 0.222. The minimum atomic E-state index is -3.52. The molecule has 0 aromatic heterocycles. The second-order valence-corrected chi connectivity index (χ2v) is 6.41. The molecule has 7 heteroatoms. The number of nitrogens with two attached hydrogens (primary N) is 1. The van der Waals surface area contributed by atoms with Crippen LogP contribution in [0.5, 0.6) is 0 Å². The minimum absolute atomic E-state index is 0.0590. The van der Waals surface area contributed by atoms with Crippen molar-refractivity contribution in [2.24, 2.45) is 5.73 Å². The molecular formula is C9H11BrN2O2S2. The lowest BCUT2D eigenvalue weighted by Crippen LogP contribution is -2.26. The number of hydrogen-bond acceptors (Lipinski definition) is 3. The monoisotopic (exact) mass is 322 g/mol. The van der Waals surface area contributed by atoms with Gasteiger partial charge in [-0.25, -0.2) is 8.42 Å². The first-order chi connectivity index (χ1) is 7.30. The van der Waals surface area contributed by atoms with Gasteiger partial charge in [0.2, 0.25) is 10.0 Å². The molecule has 0 saturated heterocycles. The Morgan fingerprint density at radius 1 is 1.56 bits per heavy atom. The van der Waals surface area contributed by atoms with Crippen molar-refractivity contribution in [2.75, 3.05) is 10.5 Å². The van der Waals surface area contributed by atoms with Crippen LogP contribution >= 0.6 is 28.1 Å². The van der Waals surface area contributed by atoms with E-state index in [1.54, 1.807) is 12.1 Å². The second kappa shape index (κ2) is 5.11. The van der Waals surface area contributed by atoms with E-state index in [9.17, 15) is 8.42 Å². The van der Waals surface area contributed by atoms with Crippen LogP contribution in [0.15, 0.2) is 22.7 Å². The number of nitrogens with one attached hydrogen (secondary N) is 1. The molecule has 88 valence electrons. The lowest BCUT2D eigenvalue weighted by molar-refractivity contribution is 0.605. The van der Waals surface area contributed by atoms with E-state index < -0.39 is 10.0 Å². The van der Waals surface area contributed by atoms with E-state index in [1.807, 2.05) is 13.0 Å². The molecule has 0 fully saturated rings. The first-order valence-corrected chi connectivity index (χ1v) is 7.20. The molecule has 0 aliphatic carbocycles. The van der Waals surface area contributed by atoms with Crippen LogP contribution in [0.2, 0.25) is 0 Å². The van der Waals surface area contributed by atoms with Crippen LogP contribution in [0.1, 0.15) is 5.56 Å². The van der Waals surface area contributed by atoms with E-state index in [2.05, 4.69) is 32.9 Å². The first-order valence-electron chi connectivity index (χ1n) is 4.35. The third-order valence-electron chi connectivity index (χ3n) is 1.72. The predicted octanol–water partition coefficient (Wildman–Crippen LogP) is 1.79. The van der Waals surface area contributed by atoms with E-state index in [0.29, 0.717) is 10.2 Å². The Morgan fingerprint density at radius 2 is 2.19 bits per heavy atom. The van der Waals surface area contributed by atoms with Gasteiger partial charge in [-0.3, -0.25) is 4.72 Å². The molecule has 16 heavy (non-hydrogen) atoms. The topological polar surface area (TPSA) is 72.2 Å². The van der Waals surface area contributed by atoms with Crippen LogP contribution in [0, 0.1) is 6.92 Å². The number of aryl methyl sites for hydroxylation is 1. The Morgan fingerprint density at radius 3 is 2.75 bits per heavy atom. The van der Waals surface area contributed by atoms with E-state index in [1.165, 1.54) is 0 Å². The molecule has 0 heterocycles. The average Bonchev–Trinajstić information content (AvgIpc) is 2.08. The Bertz CT molecular complexity index is 514. The lowest BCUT2D eigenvalue weighted by atomic mass is 10.2. The number of benzene rings is 1. The number of anilines is 1. The third-order valence-corrected chi connectivity index (χ3v) is 3.96. The number of thiocarbonyl (C=S) groups is 1. The van der Waals surface area contributed by atoms with E-state index in [-0.39, 0.29) is 10.7 Å². The van der Waals surface area contributed by atoms with Crippen LogP contribution in [0.25, 0.3) is 0 Å². The molecule has 0 amide bonds. The van der Waals surface area contributed by atoms with Gasteiger partial charge in [-0.05, 0) is 40.5 Å². The maximum absolute atomic E-state index is 11.6. The van der Waals surface area contributed by atoms with Crippen molar-refractivity contribution in [3.63, 3.8) is 0 Å². The Labute approximate surface area is 108 Å². The second-order valence-electron chi connectivity index (χ2n) is 3.31. The van der Waals surface area contributed by atoms with Gasteiger partial charge in [-0.15, -0.1) is 0 Å². The zero-order valence-corrected chi connectivity index (χ0v) is 11.7. The van der Waals surface area contributed by atoms with Crippen molar-refractivity contribution in [1.29, 1.82) is 0 Å². The Hall–Kier alpha value is -0.660. The molecule has 4 nitrogen and oxygen atoms in total. The van der Waals surface area contributed by atoms with Gasteiger partial charge in [0.15, 0.2) is 0 Å². The van der Waals surface area contributed by atoms with Gasteiger partial charge in [-0.1, -0.05) is 18.3 Å². The highest BCUT2D eigenvalue weighted by Crippen LogP contribution is 2.24. The summed E-state index contributed by atoms with van der Waals surface area (Å²) in [7, 11) is -3.52. The Balaban J connectivity index is 2.96. The molecule has 0 aliphatic heterocycles. The molecule has 1 rings (SSSR count). The minimum Gasteiger partial charge on any atom is -0.392 e. The summed E-state index contributed by atoms with van der Waals surface area (Å²) in [5.41, 5.74) is 6.64. The summed E-state index contributed by atoms with van der Waals surface area (Å²) >= 11 is 7.82. The van der Waals surface area contributed by atoms with Crippen LogP contribution in [-0.2, 0) is 10.0 Å². The van der Waals surface area contributed by atoms with Crippen molar-refractivity contribution in [1.82, 2.24) is 0 Å². The summed E-state index contributed by atoms with van der Waals surface area (Å²) in [6.07, 6.45) is 0.